The summed E-state index contributed by atoms with van der Waals surface area (Å²) >= 11 is 0. The summed E-state index contributed by atoms with van der Waals surface area (Å²) in [6.45, 7) is 4.69. The van der Waals surface area contributed by atoms with E-state index in [0.717, 1.165) is 0 Å². The van der Waals surface area contributed by atoms with Crippen LogP contribution in [0.25, 0.3) is 0 Å². The van der Waals surface area contributed by atoms with Gasteiger partial charge in [-0.2, -0.15) is 0 Å². The summed E-state index contributed by atoms with van der Waals surface area (Å²) in [4.78, 5) is 25.5. The van der Waals surface area contributed by atoms with E-state index < -0.39 is 16.4 Å². The molecule has 1 rings (SSSR count). The highest BCUT2D eigenvalue weighted by atomic mass is 16.6. The Kier molecular flexibility index (Phi) is 3.88. The molecule has 104 valence electrons. The highest BCUT2D eigenvalue weighted by molar-refractivity contribution is 6.41. The quantitative estimate of drug-likeness (QED) is 0.354. The van der Waals surface area contributed by atoms with Crippen molar-refractivity contribution in [2.75, 3.05) is 7.05 Å². The number of hydrogen-bond donors (Lipinski definition) is 2. The van der Waals surface area contributed by atoms with Gasteiger partial charge in [-0.25, -0.2) is 0 Å². The van der Waals surface area contributed by atoms with Crippen molar-refractivity contribution in [1.29, 1.82) is 0 Å². The third-order valence-electron chi connectivity index (χ3n) is 2.88. The molecule has 0 aliphatic carbocycles. The van der Waals surface area contributed by atoms with Gasteiger partial charge in [-0.3, -0.25) is 9.36 Å². The molecule has 19 heavy (non-hydrogen) atoms. The predicted molar refractivity (Wildman–Crippen MR) is 66.2 cm³/mol. The molecule has 1 amide bonds. The van der Waals surface area contributed by atoms with Gasteiger partial charge in [0.1, 0.15) is 5.69 Å². The number of amides is 1. The third kappa shape index (κ3) is 2.39. The van der Waals surface area contributed by atoms with E-state index in [0.29, 0.717) is 0 Å². The van der Waals surface area contributed by atoms with Crippen molar-refractivity contribution in [3.05, 3.63) is 22.1 Å². The maximum Gasteiger partial charge on any atom is 0.384 e. The van der Waals surface area contributed by atoms with Crippen molar-refractivity contribution in [1.82, 2.24) is 14.9 Å². The van der Waals surface area contributed by atoms with E-state index in [1.165, 1.54) is 24.9 Å². The lowest BCUT2D eigenvalue weighted by molar-refractivity contribution is -0.390. The molecule has 0 atom stereocenters. The molecule has 0 fully saturated rings. The Hall–Kier alpha value is -2.45. The molecule has 2 N–H and O–H groups in total. The second-order valence-electron chi connectivity index (χ2n) is 4.37. The second kappa shape index (κ2) is 5.04. The van der Waals surface area contributed by atoms with Crippen LogP contribution in [0.2, 0.25) is 0 Å². The zero-order chi connectivity index (χ0) is 14.8. The Labute approximate surface area is 109 Å². The van der Waals surface area contributed by atoms with E-state index in [1.54, 1.807) is 13.8 Å². The summed E-state index contributed by atoms with van der Waals surface area (Å²) in [7, 11) is 1.40. The van der Waals surface area contributed by atoms with Gasteiger partial charge < -0.3 is 20.6 Å². The first-order chi connectivity index (χ1) is 8.77. The number of carbonyl (C=O) groups is 1. The number of aromatic nitrogens is 2. The van der Waals surface area contributed by atoms with Gasteiger partial charge in [0.05, 0.1) is 5.54 Å². The lowest BCUT2D eigenvalue weighted by Crippen LogP contribution is -2.45. The molecule has 1 aromatic heterocycles. The maximum absolute atomic E-state index is 11.6. The monoisotopic (exact) mass is 269 g/mol. The fourth-order valence-corrected chi connectivity index (χ4v) is 1.82. The van der Waals surface area contributed by atoms with E-state index in [9.17, 15) is 14.9 Å². The zero-order valence-electron chi connectivity index (χ0n) is 11.0. The summed E-state index contributed by atoms with van der Waals surface area (Å²) in [5.74, 6) is -0.884. The molecule has 0 aliphatic heterocycles. The average Bonchev–Trinajstić information content (AvgIpc) is 2.72. The summed E-state index contributed by atoms with van der Waals surface area (Å²) in [6.07, 6.45) is 1.24. The summed E-state index contributed by atoms with van der Waals surface area (Å²) in [6, 6.07) is 0. The first-order valence-corrected chi connectivity index (χ1v) is 5.40. The number of carbonyl (C=O) groups excluding carboxylic acids is 1. The van der Waals surface area contributed by atoms with Gasteiger partial charge >= 0.3 is 5.82 Å². The van der Waals surface area contributed by atoms with Crippen molar-refractivity contribution in [3.8, 4) is 0 Å². The molecule has 0 bridgehead atoms. The minimum absolute atomic E-state index is 0.176. The molecule has 1 aromatic rings. The Morgan fingerprint density at radius 1 is 1.63 bits per heavy atom. The van der Waals surface area contributed by atoms with Gasteiger partial charge in [-0.05, 0) is 30.7 Å². The molecule has 0 aromatic carbocycles. The van der Waals surface area contributed by atoms with Crippen LogP contribution >= 0.6 is 0 Å². The van der Waals surface area contributed by atoms with Gasteiger partial charge in [0.15, 0.2) is 5.71 Å². The fraction of sp³-hybridized carbons (Fsp3) is 0.500. The van der Waals surface area contributed by atoms with Gasteiger partial charge in [0.2, 0.25) is 6.33 Å². The van der Waals surface area contributed by atoms with E-state index in [4.69, 9.17) is 5.21 Å². The van der Waals surface area contributed by atoms with Crippen molar-refractivity contribution in [3.63, 3.8) is 0 Å². The number of rotatable bonds is 4. The molecular weight excluding hydrogens is 254 g/mol. The molecule has 0 unspecified atom stereocenters. The predicted octanol–water partition coefficient (Wildman–Crippen LogP) is 0.411. The lowest BCUT2D eigenvalue weighted by Gasteiger charge is -2.26. The van der Waals surface area contributed by atoms with Crippen LogP contribution in [0.5, 0.6) is 0 Å². The van der Waals surface area contributed by atoms with E-state index in [2.05, 4.69) is 15.5 Å². The molecule has 9 nitrogen and oxygen atoms in total. The maximum atomic E-state index is 11.6. The van der Waals surface area contributed by atoms with Gasteiger partial charge in [-0.1, -0.05) is 5.16 Å². The van der Waals surface area contributed by atoms with Gasteiger partial charge in [0, 0.05) is 7.05 Å². The first kappa shape index (κ1) is 14.6. The lowest BCUT2D eigenvalue weighted by atomic mass is 9.96. The molecule has 1 heterocycles. The van der Waals surface area contributed by atoms with Crippen molar-refractivity contribution >= 4 is 17.4 Å². The Morgan fingerprint density at radius 3 is 2.58 bits per heavy atom. The van der Waals surface area contributed by atoms with Crippen LogP contribution < -0.4 is 5.32 Å². The summed E-state index contributed by atoms with van der Waals surface area (Å²) < 4.78 is 1.41. The largest absolute Gasteiger partial charge is 0.410 e. The number of nitrogens with one attached hydrogen (secondary N) is 1. The molecule has 0 radical (unpaired) electrons. The normalized spacial score (nSPS) is 12.3. The smallest absolute Gasteiger partial charge is 0.384 e. The molecule has 9 heteroatoms. The van der Waals surface area contributed by atoms with Crippen LogP contribution in [-0.4, -0.2) is 38.3 Å². The van der Waals surface area contributed by atoms with E-state index in [1.807, 2.05) is 0 Å². The Balaban J connectivity index is 3.34. The minimum atomic E-state index is -1.08. The second-order valence-corrected chi connectivity index (χ2v) is 4.37. The number of imidazole rings is 1. The highest BCUT2D eigenvalue weighted by Crippen LogP contribution is 2.25. The van der Waals surface area contributed by atoms with Gasteiger partial charge in [-0.15, -0.1) is 0 Å². The first-order valence-electron chi connectivity index (χ1n) is 5.40. The zero-order valence-corrected chi connectivity index (χ0v) is 11.0. The van der Waals surface area contributed by atoms with Crippen LogP contribution in [-0.2, 0) is 10.3 Å². The fourth-order valence-electron chi connectivity index (χ4n) is 1.82. The van der Waals surface area contributed by atoms with Crippen molar-refractivity contribution < 1.29 is 14.9 Å². The van der Waals surface area contributed by atoms with Crippen LogP contribution in [0.3, 0.4) is 0 Å². The van der Waals surface area contributed by atoms with Crippen LogP contribution in [0, 0.1) is 17.0 Å². The third-order valence-corrected chi connectivity index (χ3v) is 2.88. The Bertz CT molecular complexity index is 546. The standard InChI is InChI=1S/C10H15N5O4/c1-6-8(15(18)19)12-5-14(6)10(2,3)7(13-17)9(16)11-4/h5,17H,1-4H3,(H,11,16). The van der Waals surface area contributed by atoms with Crippen LogP contribution in [0.15, 0.2) is 11.5 Å². The highest BCUT2D eigenvalue weighted by Gasteiger charge is 2.36. The number of nitrogens with zero attached hydrogens (tertiary/aromatic N) is 4. The number of nitro groups is 1. The van der Waals surface area contributed by atoms with Crippen LogP contribution in [0.1, 0.15) is 19.5 Å². The SMILES string of the molecule is CNC(=O)C(=NO)C(C)(C)n1cnc([N+](=O)[O-])c1C. The van der Waals surface area contributed by atoms with Crippen LogP contribution in [0.4, 0.5) is 5.82 Å². The summed E-state index contributed by atoms with van der Waals surface area (Å²) in [5, 5.41) is 25.1. The Morgan fingerprint density at radius 2 is 2.21 bits per heavy atom. The van der Waals surface area contributed by atoms with Crippen molar-refractivity contribution in [2.45, 2.75) is 26.3 Å². The van der Waals surface area contributed by atoms with E-state index in [-0.39, 0.29) is 17.2 Å². The average molecular weight is 269 g/mol. The van der Waals surface area contributed by atoms with Crippen molar-refractivity contribution in [2.24, 2.45) is 5.16 Å². The topological polar surface area (TPSA) is 123 Å². The molecule has 0 aliphatic rings. The number of hydrogen-bond acceptors (Lipinski definition) is 6. The van der Waals surface area contributed by atoms with Gasteiger partial charge in [0.25, 0.3) is 5.91 Å². The summed E-state index contributed by atoms with van der Waals surface area (Å²) in [5.41, 5.74) is -0.995. The molecular formula is C10H15N5O4. The number of oxime groups is 1. The minimum Gasteiger partial charge on any atom is -0.410 e. The van der Waals surface area contributed by atoms with E-state index >= 15 is 0 Å². The molecule has 0 saturated heterocycles. The molecule has 0 saturated carbocycles. The molecule has 0 spiro atoms.